The van der Waals surface area contributed by atoms with Gasteiger partial charge in [0.15, 0.2) is 5.79 Å². The van der Waals surface area contributed by atoms with E-state index in [1.165, 1.54) is 31.3 Å². The van der Waals surface area contributed by atoms with Crippen LogP contribution in [0, 0.1) is 29.1 Å². The molecule has 0 spiro atoms. The summed E-state index contributed by atoms with van der Waals surface area (Å²) in [6.45, 7) is 2.41. The molecule has 0 aliphatic heterocycles. The van der Waals surface area contributed by atoms with Crippen LogP contribution >= 0.6 is 0 Å². The molecule has 4 aliphatic rings. The third-order valence-electron chi connectivity index (χ3n) is 7.68. The summed E-state index contributed by atoms with van der Waals surface area (Å²) in [6.07, 6.45) is 15.1. The summed E-state index contributed by atoms with van der Waals surface area (Å²) >= 11 is 0. The first kappa shape index (κ1) is 16.4. The lowest BCUT2D eigenvalue weighted by Crippen LogP contribution is -2.53. The van der Waals surface area contributed by atoms with E-state index in [1.54, 1.807) is 7.11 Å². The standard InChI is InChI=1S/C21H30O3/c1-20-11-9-17-16-8-6-15(22-2)13-14(16)5-7-18(17)19(20)10-12-21(20,23-3)24-4/h5-6,8,13,16-19H,7,9-12H2,1-4H3/t16-,17+,18+,19-,20-/m0/s1. The Morgan fingerprint density at radius 1 is 1.04 bits per heavy atom. The monoisotopic (exact) mass is 330 g/mol. The average Bonchev–Trinajstić information content (AvgIpc) is 2.93. The quantitative estimate of drug-likeness (QED) is 0.715. The molecule has 4 aliphatic carbocycles. The van der Waals surface area contributed by atoms with Crippen molar-refractivity contribution in [1.82, 2.24) is 0 Å². The van der Waals surface area contributed by atoms with E-state index < -0.39 is 5.79 Å². The summed E-state index contributed by atoms with van der Waals surface area (Å²) in [6, 6.07) is 0. The fraction of sp³-hybridized carbons (Fsp3) is 0.714. The SMILES string of the molecule is COC1=CC2=CC[C@@H]3[C@H](CC[C@@]4(C)[C@H]3CCC4(OC)OC)[C@H]2C=C1. The minimum Gasteiger partial charge on any atom is -0.497 e. The van der Waals surface area contributed by atoms with Gasteiger partial charge in [-0.3, -0.25) is 0 Å². The number of fused-ring (bicyclic) bond motifs is 5. The van der Waals surface area contributed by atoms with Gasteiger partial charge >= 0.3 is 0 Å². The van der Waals surface area contributed by atoms with Crippen molar-refractivity contribution in [3.05, 3.63) is 35.6 Å². The van der Waals surface area contributed by atoms with Gasteiger partial charge in [0, 0.05) is 32.0 Å². The van der Waals surface area contributed by atoms with Crippen LogP contribution in [0.1, 0.15) is 39.0 Å². The Bertz CT molecular complexity index is 598. The molecular formula is C21H30O3. The molecule has 0 aromatic heterocycles. The molecule has 24 heavy (non-hydrogen) atoms. The third kappa shape index (κ3) is 2.04. The van der Waals surface area contributed by atoms with Gasteiger partial charge < -0.3 is 14.2 Å². The summed E-state index contributed by atoms with van der Waals surface area (Å²) in [5.74, 6) is 3.33. The molecule has 0 bridgehead atoms. The Morgan fingerprint density at radius 2 is 1.83 bits per heavy atom. The van der Waals surface area contributed by atoms with Gasteiger partial charge in [0.1, 0.15) is 5.76 Å². The molecule has 0 aromatic rings. The number of methoxy groups -OCH3 is 3. The second-order valence-corrected chi connectivity index (χ2v) is 8.17. The fourth-order valence-electron chi connectivity index (χ4n) is 6.41. The van der Waals surface area contributed by atoms with Crippen molar-refractivity contribution >= 4 is 0 Å². The van der Waals surface area contributed by atoms with Gasteiger partial charge in [0.05, 0.1) is 7.11 Å². The van der Waals surface area contributed by atoms with Gasteiger partial charge in [0.25, 0.3) is 0 Å². The molecule has 0 N–H and O–H groups in total. The first-order chi connectivity index (χ1) is 11.6. The van der Waals surface area contributed by atoms with E-state index in [0.29, 0.717) is 11.8 Å². The molecule has 2 fully saturated rings. The average molecular weight is 330 g/mol. The highest BCUT2D eigenvalue weighted by Gasteiger charge is 2.63. The Kier molecular flexibility index (Phi) is 3.92. The predicted molar refractivity (Wildman–Crippen MR) is 94.2 cm³/mol. The van der Waals surface area contributed by atoms with Gasteiger partial charge in [-0.2, -0.15) is 0 Å². The Hall–Kier alpha value is -1.06. The van der Waals surface area contributed by atoms with Crippen molar-refractivity contribution in [3.8, 4) is 0 Å². The molecule has 0 unspecified atom stereocenters. The predicted octanol–water partition coefficient (Wildman–Crippen LogP) is 4.46. The largest absolute Gasteiger partial charge is 0.497 e. The van der Waals surface area contributed by atoms with Crippen molar-refractivity contribution in [3.63, 3.8) is 0 Å². The van der Waals surface area contributed by atoms with Crippen molar-refractivity contribution in [2.45, 2.75) is 44.8 Å². The minimum absolute atomic E-state index is 0.134. The second-order valence-electron chi connectivity index (χ2n) is 8.17. The third-order valence-corrected chi connectivity index (χ3v) is 7.68. The van der Waals surface area contributed by atoms with Crippen LogP contribution in [-0.4, -0.2) is 27.1 Å². The van der Waals surface area contributed by atoms with Crippen LogP contribution in [0.3, 0.4) is 0 Å². The van der Waals surface area contributed by atoms with Crippen LogP contribution in [0.15, 0.2) is 35.6 Å². The van der Waals surface area contributed by atoms with Crippen molar-refractivity contribution < 1.29 is 14.2 Å². The van der Waals surface area contributed by atoms with E-state index in [-0.39, 0.29) is 5.41 Å². The van der Waals surface area contributed by atoms with Crippen LogP contribution in [-0.2, 0) is 14.2 Å². The number of hydrogen-bond acceptors (Lipinski definition) is 3. The lowest BCUT2D eigenvalue weighted by Gasteiger charge is -2.54. The Balaban J connectivity index is 1.65. The maximum Gasteiger partial charge on any atom is 0.173 e. The van der Waals surface area contributed by atoms with E-state index in [1.807, 2.05) is 14.2 Å². The Labute approximate surface area is 145 Å². The molecule has 3 heteroatoms. The van der Waals surface area contributed by atoms with E-state index in [4.69, 9.17) is 14.2 Å². The minimum atomic E-state index is -0.391. The van der Waals surface area contributed by atoms with E-state index in [0.717, 1.165) is 24.0 Å². The first-order valence-electron chi connectivity index (χ1n) is 9.33. The van der Waals surface area contributed by atoms with Crippen LogP contribution in [0.2, 0.25) is 0 Å². The molecule has 4 rings (SSSR count). The molecule has 2 saturated carbocycles. The number of rotatable bonds is 3. The highest BCUT2D eigenvalue weighted by Crippen LogP contribution is 2.65. The zero-order valence-corrected chi connectivity index (χ0v) is 15.4. The zero-order valence-electron chi connectivity index (χ0n) is 15.4. The number of ether oxygens (including phenoxy) is 3. The summed E-state index contributed by atoms with van der Waals surface area (Å²) < 4.78 is 17.3. The van der Waals surface area contributed by atoms with Crippen LogP contribution in [0.25, 0.3) is 0 Å². The topological polar surface area (TPSA) is 27.7 Å². The van der Waals surface area contributed by atoms with E-state index >= 15 is 0 Å². The van der Waals surface area contributed by atoms with Crippen molar-refractivity contribution in [2.75, 3.05) is 21.3 Å². The zero-order chi connectivity index (χ0) is 16.9. The lowest BCUT2D eigenvalue weighted by molar-refractivity contribution is -0.276. The highest BCUT2D eigenvalue weighted by molar-refractivity contribution is 5.39. The Morgan fingerprint density at radius 3 is 2.54 bits per heavy atom. The second kappa shape index (κ2) is 5.74. The van der Waals surface area contributed by atoms with Crippen molar-refractivity contribution in [1.29, 1.82) is 0 Å². The van der Waals surface area contributed by atoms with Gasteiger partial charge in [0.2, 0.25) is 0 Å². The molecule has 0 amide bonds. The number of allylic oxidation sites excluding steroid dienone is 5. The molecule has 3 nitrogen and oxygen atoms in total. The molecular weight excluding hydrogens is 300 g/mol. The summed E-state index contributed by atoms with van der Waals surface area (Å²) in [5, 5.41) is 0. The van der Waals surface area contributed by atoms with E-state index in [9.17, 15) is 0 Å². The lowest BCUT2D eigenvalue weighted by atomic mass is 9.53. The molecule has 0 aromatic carbocycles. The fourth-order valence-corrected chi connectivity index (χ4v) is 6.41. The molecule has 0 radical (unpaired) electrons. The van der Waals surface area contributed by atoms with Gasteiger partial charge in [-0.1, -0.05) is 19.1 Å². The van der Waals surface area contributed by atoms with Gasteiger partial charge in [-0.25, -0.2) is 0 Å². The molecule has 132 valence electrons. The summed E-state index contributed by atoms with van der Waals surface area (Å²) in [5.41, 5.74) is 1.59. The van der Waals surface area contributed by atoms with Gasteiger partial charge in [-0.15, -0.1) is 0 Å². The number of hydrogen-bond donors (Lipinski definition) is 0. The van der Waals surface area contributed by atoms with Crippen molar-refractivity contribution in [2.24, 2.45) is 29.1 Å². The van der Waals surface area contributed by atoms with Crippen LogP contribution < -0.4 is 0 Å². The molecule has 0 saturated heterocycles. The molecule has 0 heterocycles. The smallest absolute Gasteiger partial charge is 0.173 e. The van der Waals surface area contributed by atoms with Crippen LogP contribution in [0.4, 0.5) is 0 Å². The maximum absolute atomic E-state index is 5.96. The highest BCUT2D eigenvalue weighted by atomic mass is 16.7. The first-order valence-corrected chi connectivity index (χ1v) is 9.33. The normalized spacial score (nSPS) is 42.5. The van der Waals surface area contributed by atoms with Crippen LogP contribution in [0.5, 0.6) is 0 Å². The summed E-state index contributed by atoms with van der Waals surface area (Å²) in [4.78, 5) is 0. The maximum atomic E-state index is 5.96. The summed E-state index contributed by atoms with van der Waals surface area (Å²) in [7, 11) is 5.40. The van der Waals surface area contributed by atoms with E-state index in [2.05, 4.69) is 31.2 Å². The molecule has 5 atom stereocenters. The van der Waals surface area contributed by atoms with Gasteiger partial charge in [-0.05, 0) is 61.2 Å².